The van der Waals surface area contributed by atoms with Crippen LogP contribution in [0.25, 0.3) is 0 Å². The Morgan fingerprint density at radius 3 is 3.10 bits per heavy atom. The Bertz CT molecular complexity index is 565. The lowest BCUT2D eigenvalue weighted by atomic mass is 9.95. The highest BCUT2D eigenvalue weighted by molar-refractivity contribution is 5.90. The van der Waals surface area contributed by atoms with Gasteiger partial charge in [0.15, 0.2) is 0 Å². The van der Waals surface area contributed by atoms with Crippen LogP contribution in [0.5, 0.6) is 0 Å². The van der Waals surface area contributed by atoms with Crippen LogP contribution in [0.3, 0.4) is 0 Å². The Labute approximate surface area is 118 Å². The van der Waals surface area contributed by atoms with Gasteiger partial charge in [-0.2, -0.15) is 5.26 Å². The monoisotopic (exact) mass is 270 g/mol. The normalized spacial score (nSPS) is 28.0. The third-order valence-electron chi connectivity index (χ3n) is 4.44. The van der Waals surface area contributed by atoms with E-state index in [-0.39, 0.29) is 12.1 Å². The van der Waals surface area contributed by atoms with Gasteiger partial charge in [-0.25, -0.2) is 4.79 Å². The highest BCUT2D eigenvalue weighted by Gasteiger charge is 2.43. The van der Waals surface area contributed by atoms with Crippen LogP contribution >= 0.6 is 0 Å². The zero-order valence-corrected chi connectivity index (χ0v) is 11.5. The van der Waals surface area contributed by atoms with Gasteiger partial charge in [-0.1, -0.05) is 6.07 Å². The van der Waals surface area contributed by atoms with Gasteiger partial charge in [0, 0.05) is 31.4 Å². The highest BCUT2D eigenvalue weighted by Crippen LogP contribution is 2.32. The molecule has 2 heterocycles. The number of anilines is 1. The molecule has 0 radical (unpaired) electrons. The molecule has 0 spiro atoms. The van der Waals surface area contributed by atoms with Gasteiger partial charge < -0.3 is 15.5 Å². The maximum Gasteiger partial charge on any atom is 0.322 e. The quantitative estimate of drug-likeness (QED) is 0.815. The van der Waals surface area contributed by atoms with E-state index in [1.165, 1.54) is 0 Å². The molecule has 104 valence electrons. The number of amides is 2. The minimum atomic E-state index is -0.0676. The number of carbonyl (C=O) groups excluding carboxylic acids is 1. The second-order valence-corrected chi connectivity index (χ2v) is 5.60. The summed E-state index contributed by atoms with van der Waals surface area (Å²) in [6.45, 7) is 4.92. The average molecular weight is 270 g/mol. The maximum absolute atomic E-state index is 12.4. The summed E-state index contributed by atoms with van der Waals surface area (Å²) in [4.78, 5) is 14.3. The molecule has 3 rings (SSSR count). The van der Waals surface area contributed by atoms with E-state index in [1.807, 2.05) is 11.0 Å². The molecule has 2 aliphatic heterocycles. The molecule has 1 aromatic rings. The van der Waals surface area contributed by atoms with Gasteiger partial charge in [0.2, 0.25) is 0 Å². The SMILES string of the molecule is CC1C2CNCC2CN1C(=O)Nc1cccc(C#N)c1. The fraction of sp³-hybridized carbons (Fsp3) is 0.467. The number of rotatable bonds is 1. The van der Waals surface area contributed by atoms with Crippen LogP contribution in [0.2, 0.25) is 0 Å². The first-order chi connectivity index (χ1) is 9.69. The van der Waals surface area contributed by atoms with Crippen molar-refractivity contribution in [3.05, 3.63) is 29.8 Å². The Morgan fingerprint density at radius 1 is 1.50 bits per heavy atom. The van der Waals surface area contributed by atoms with E-state index in [0.29, 0.717) is 23.1 Å². The summed E-state index contributed by atoms with van der Waals surface area (Å²) in [6.07, 6.45) is 0. The third-order valence-corrected chi connectivity index (χ3v) is 4.44. The van der Waals surface area contributed by atoms with Crippen molar-refractivity contribution in [1.29, 1.82) is 5.26 Å². The van der Waals surface area contributed by atoms with Crippen molar-refractivity contribution >= 4 is 11.7 Å². The maximum atomic E-state index is 12.4. The number of fused-ring (bicyclic) bond motifs is 1. The lowest BCUT2D eigenvalue weighted by Gasteiger charge is -2.24. The summed E-state index contributed by atoms with van der Waals surface area (Å²) in [5, 5.41) is 15.2. The number of hydrogen-bond donors (Lipinski definition) is 2. The summed E-state index contributed by atoms with van der Waals surface area (Å²) in [6, 6.07) is 9.28. The molecule has 3 atom stereocenters. The topological polar surface area (TPSA) is 68.2 Å². The number of carbonyl (C=O) groups is 1. The summed E-state index contributed by atoms with van der Waals surface area (Å²) in [7, 11) is 0. The molecule has 0 aliphatic carbocycles. The zero-order chi connectivity index (χ0) is 14.1. The number of urea groups is 1. The average Bonchev–Trinajstić information content (AvgIpc) is 3.02. The Kier molecular flexibility index (Phi) is 3.33. The summed E-state index contributed by atoms with van der Waals surface area (Å²) >= 11 is 0. The number of likely N-dealkylation sites (tertiary alicyclic amines) is 1. The molecular formula is C15H18N4O. The minimum Gasteiger partial charge on any atom is -0.321 e. The second kappa shape index (κ2) is 5.14. The van der Waals surface area contributed by atoms with E-state index >= 15 is 0 Å². The molecule has 5 nitrogen and oxygen atoms in total. The van der Waals surface area contributed by atoms with Crippen LogP contribution in [0, 0.1) is 23.2 Å². The van der Waals surface area contributed by atoms with Crippen molar-refractivity contribution in [2.45, 2.75) is 13.0 Å². The molecule has 0 saturated carbocycles. The second-order valence-electron chi connectivity index (χ2n) is 5.60. The first kappa shape index (κ1) is 12.9. The van der Waals surface area contributed by atoms with Crippen molar-refractivity contribution < 1.29 is 4.79 Å². The van der Waals surface area contributed by atoms with Gasteiger partial charge in [-0.3, -0.25) is 0 Å². The molecule has 20 heavy (non-hydrogen) atoms. The van der Waals surface area contributed by atoms with E-state index < -0.39 is 0 Å². The van der Waals surface area contributed by atoms with Crippen LogP contribution in [-0.4, -0.2) is 36.6 Å². The van der Waals surface area contributed by atoms with E-state index in [4.69, 9.17) is 5.26 Å². The molecule has 2 fully saturated rings. The number of nitriles is 1. The smallest absolute Gasteiger partial charge is 0.321 e. The van der Waals surface area contributed by atoms with Gasteiger partial charge in [0.1, 0.15) is 0 Å². The van der Waals surface area contributed by atoms with Crippen molar-refractivity contribution in [2.75, 3.05) is 25.0 Å². The lowest BCUT2D eigenvalue weighted by Crippen LogP contribution is -2.40. The third kappa shape index (κ3) is 2.23. The first-order valence-corrected chi connectivity index (χ1v) is 6.97. The molecule has 0 bridgehead atoms. The highest BCUT2D eigenvalue weighted by atomic mass is 16.2. The van der Waals surface area contributed by atoms with E-state index in [1.54, 1.807) is 18.2 Å². The van der Waals surface area contributed by atoms with Crippen LogP contribution in [0.1, 0.15) is 12.5 Å². The number of benzene rings is 1. The van der Waals surface area contributed by atoms with Crippen molar-refractivity contribution in [3.8, 4) is 6.07 Å². The molecule has 0 aromatic heterocycles. The van der Waals surface area contributed by atoms with Gasteiger partial charge >= 0.3 is 6.03 Å². The largest absolute Gasteiger partial charge is 0.322 e. The molecule has 2 N–H and O–H groups in total. The lowest BCUT2D eigenvalue weighted by molar-refractivity contribution is 0.203. The summed E-state index contributed by atoms with van der Waals surface area (Å²) in [5.41, 5.74) is 1.23. The molecule has 2 saturated heterocycles. The van der Waals surface area contributed by atoms with Gasteiger partial charge in [0.05, 0.1) is 11.6 Å². The number of hydrogen-bond acceptors (Lipinski definition) is 3. The van der Waals surface area contributed by atoms with E-state index in [0.717, 1.165) is 19.6 Å². The standard InChI is InChI=1S/C15H18N4O/c1-10-14-8-17-7-12(14)9-19(10)15(20)18-13-4-2-3-11(5-13)6-16/h2-5,10,12,14,17H,7-9H2,1H3,(H,18,20). The van der Waals surface area contributed by atoms with E-state index in [9.17, 15) is 4.79 Å². The minimum absolute atomic E-state index is 0.0676. The van der Waals surface area contributed by atoms with Crippen LogP contribution in [0.15, 0.2) is 24.3 Å². The first-order valence-electron chi connectivity index (χ1n) is 6.97. The van der Waals surface area contributed by atoms with Gasteiger partial charge in [-0.05, 0) is 37.0 Å². The Hall–Kier alpha value is -2.06. The fourth-order valence-corrected chi connectivity index (χ4v) is 3.30. The Balaban J connectivity index is 1.69. The summed E-state index contributed by atoms with van der Waals surface area (Å²) in [5.74, 6) is 1.13. The van der Waals surface area contributed by atoms with Crippen molar-refractivity contribution in [1.82, 2.24) is 10.2 Å². The number of nitrogens with zero attached hydrogens (tertiary/aromatic N) is 2. The van der Waals surface area contributed by atoms with E-state index in [2.05, 4.69) is 23.6 Å². The molecule has 5 heteroatoms. The van der Waals surface area contributed by atoms with Crippen LogP contribution in [0.4, 0.5) is 10.5 Å². The molecule has 1 aromatic carbocycles. The fourth-order valence-electron chi connectivity index (χ4n) is 3.30. The number of nitrogens with one attached hydrogen (secondary N) is 2. The van der Waals surface area contributed by atoms with Crippen molar-refractivity contribution in [3.63, 3.8) is 0 Å². The molecule has 3 unspecified atom stereocenters. The van der Waals surface area contributed by atoms with Crippen molar-refractivity contribution in [2.24, 2.45) is 11.8 Å². The predicted molar refractivity (Wildman–Crippen MR) is 76.2 cm³/mol. The summed E-state index contributed by atoms with van der Waals surface area (Å²) < 4.78 is 0. The van der Waals surface area contributed by atoms with Crippen LogP contribution in [-0.2, 0) is 0 Å². The molecule has 2 amide bonds. The molecule has 2 aliphatic rings. The van der Waals surface area contributed by atoms with Crippen LogP contribution < -0.4 is 10.6 Å². The predicted octanol–water partition coefficient (Wildman–Crippen LogP) is 1.63. The molecular weight excluding hydrogens is 252 g/mol. The Morgan fingerprint density at radius 2 is 2.35 bits per heavy atom. The zero-order valence-electron chi connectivity index (χ0n) is 11.5. The van der Waals surface area contributed by atoms with Gasteiger partial charge in [-0.15, -0.1) is 0 Å². The van der Waals surface area contributed by atoms with Gasteiger partial charge in [0.25, 0.3) is 0 Å².